The summed E-state index contributed by atoms with van der Waals surface area (Å²) in [5.41, 5.74) is 8.23. The lowest BCUT2D eigenvalue weighted by atomic mass is 10.1. The molecule has 2 N–H and O–H groups in total. The van der Waals surface area contributed by atoms with E-state index in [4.69, 9.17) is 5.73 Å². The first-order valence-corrected chi connectivity index (χ1v) is 6.97. The first-order valence-electron chi connectivity index (χ1n) is 6.18. The van der Waals surface area contributed by atoms with Crippen LogP contribution in [0.2, 0.25) is 0 Å². The topological polar surface area (TPSA) is 43.8 Å². The molecule has 1 unspecified atom stereocenters. The van der Waals surface area contributed by atoms with Gasteiger partial charge in [0.05, 0.1) is 17.8 Å². The molecule has 0 bridgehead atoms. The van der Waals surface area contributed by atoms with Crippen LogP contribution in [0.1, 0.15) is 11.6 Å². The minimum Gasteiger partial charge on any atom is -0.328 e. The predicted molar refractivity (Wildman–Crippen MR) is 81.1 cm³/mol. The van der Waals surface area contributed by atoms with Crippen molar-refractivity contribution in [1.29, 1.82) is 0 Å². The molecule has 0 spiro atoms. The summed E-state index contributed by atoms with van der Waals surface area (Å²) in [4.78, 5) is 0. The third kappa shape index (κ3) is 2.17. The second kappa shape index (κ2) is 5.15. The molecule has 0 aliphatic carbocycles. The molecule has 0 aliphatic heterocycles. The van der Waals surface area contributed by atoms with Crippen molar-refractivity contribution >= 4 is 26.8 Å². The molecule has 0 radical (unpaired) electrons. The SMILES string of the molecule is NCC(c1ccccc1Br)n1ncc2ccccc21. The van der Waals surface area contributed by atoms with Crippen LogP contribution in [-0.4, -0.2) is 16.3 Å². The Morgan fingerprint density at radius 3 is 2.63 bits per heavy atom. The van der Waals surface area contributed by atoms with E-state index < -0.39 is 0 Å². The monoisotopic (exact) mass is 315 g/mol. The van der Waals surface area contributed by atoms with Gasteiger partial charge in [0.1, 0.15) is 0 Å². The standard InChI is InChI=1S/C15H14BrN3/c16-13-7-3-2-6-12(13)15(9-17)19-14-8-4-1-5-11(14)10-18-19/h1-8,10,15H,9,17H2. The molecule has 1 heterocycles. The van der Waals surface area contributed by atoms with Crippen molar-refractivity contribution in [3.8, 4) is 0 Å². The van der Waals surface area contributed by atoms with Crippen molar-refractivity contribution in [2.45, 2.75) is 6.04 Å². The molecule has 1 aromatic heterocycles. The molecular formula is C15H14BrN3. The summed E-state index contributed by atoms with van der Waals surface area (Å²) in [6.45, 7) is 0.508. The van der Waals surface area contributed by atoms with Crippen LogP contribution in [0.15, 0.2) is 59.2 Å². The molecule has 4 heteroatoms. The lowest BCUT2D eigenvalue weighted by molar-refractivity contribution is 0.547. The number of benzene rings is 2. The number of hydrogen-bond acceptors (Lipinski definition) is 2. The molecule has 3 rings (SSSR count). The Labute approximate surface area is 120 Å². The highest BCUT2D eigenvalue weighted by Crippen LogP contribution is 2.27. The highest BCUT2D eigenvalue weighted by Gasteiger charge is 2.17. The van der Waals surface area contributed by atoms with Gasteiger partial charge in [0.15, 0.2) is 0 Å². The smallest absolute Gasteiger partial charge is 0.0908 e. The van der Waals surface area contributed by atoms with Gasteiger partial charge in [-0.25, -0.2) is 0 Å². The summed E-state index contributed by atoms with van der Waals surface area (Å²) in [5.74, 6) is 0. The zero-order chi connectivity index (χ0) is 13.2. The maximum Gasteiger partial charge on any atom is 0.0908 e. The summed E-state index contributed by atoms with van der Waals surface area (Å²) in [7, 11) is 0. The second-order valence-electron chi connectivity index (χ2n) is 4.42. The van der Waals surface area contributed by atoms with Crippen LogP contribution in [0.3, 0.4) is 0 Å². The number of fused-ring (bicyclic) bond motifs is 1. The van der Waals surface area contributed by atoms with Gasteiger partial charge >= 0.3 is 0 Å². The summed E-state index contributed by atoms with van der Waals surface area (Å²) < 4.78 is 3.06. The highest BCUT2D eigenvalue weighted by atomic mass is 79.9. The fourth-order valence-corrected chi connectivity index (χ4v) is 2.89. The number of rotatable bonds is 3. The summed E-state index contributed by atoms with van der Waals surface area (Å²) in [6, 6.07) is 16.3. The van der Waals surface area contributed by atoms with E-state index in [1.807, 2.05) is 41.2 Å². The Morgan fingerprint density at radius 2 is 1.84 bits per heavy atom. The number of halogens is 1. The van der Waals surface area contributed by atoms with Gasteiger partial charge in [0.2, 0.25) is 0 Å². The van der Waals surface area contributed by atoms with Gasteiger partial charge in [-0.3, -0.25) is 4.68 Å². The van der Waals surface area contributed by atoms with Crippen LogP contribution in [0.5, 0.6) is 0 Å². The van der Waals surface area contributed by atoms with Gasteiger partial charge in [-0.2, -0.15) is 5.10 Å². The van der Waals surface area contributed by atoms with Crippen molar-refractivity contribution in [2.75, 3.05) is 6.54 Å². The molecule has 0 aliphatic rings. The zero-order valence-corrected chi connectivity index (χ0v) is 11.9. The van der Waals surface area contributed by atoms with Crippen molar-refractivity contribution in [3.05, 3.63) is 64.8 Å². The average molecular weight is 316 g/mol. The first kappa shape index (κ1) is 12.4. The number of para-hydroxylation sites is 1. The van der Waals surface area contributed by atoms with E-state index in [9.17, 15) is 0 Å². The third-order valence-electron chi connectivity index (χ3n) is 3.29. The van der Waals surface area contributed by atoms with Crippen molar-refractivity contribution < 1.29 is 0 Å². The van der Waals surface area contributed by atoms with E-state index in [1.165, 1.54) is 0 Å². The number of hydrogen-bond donors (Lipinski definition) is 1. The van der Waals surface area contributed by atoms with E-state index in [0.29, 0.717) is 6.54 Å². The maximum absolute atomic E-state index is 5.97. The normalized spacial score (nSPS) is 12.7. The molecule has 0 fully saturated rings. The Hall–Kier alpha value is -1.65. The van der Waals surface area contributed by atoms with Crippen LogP contribution < -0.4 is 5.73 Å². The van der Waals surface area contributed by atoms with E-state index in [2.05, 4.69) is 39.2 Å². The van der Waals surface area contributed by atoms with Gasteiger partial charge in [0.25, 0.3) is 0 Å². The summed E-state index contributed by atoms with van der Waals surface area (Å²) in [5, 5.41) is 5.63. The molecular weight excluding hydrogens is 302 g/mol. The number of nitrogens with two attached hydrogens (primary N) is 1. The molecule has 96 valence electrons. The van der Waals surface area contributed by atoms with Crippen LogP contribution in [0.4, 0.5) is 0 Å². The Morgan fingerprint density at radius 1 is 1.11 bits per heavy atom. The summed E-state index contributed by atoms with van der Waals surface area (Å²) >= 11 is 3.59. The molecule has 0 saturated heterocycles. The second-order valence-corrected chi connectivity index (χ2v) is 5.28. The minimum atomic E-state index is 0.0375. The van der Waals surface area contributed by atoms with Gasteiger partial charge in [-0.1, -0.05) is 52.3 Å². The zero-order valence-electron chi connectivity index (χ0n) is 10.3. The Balaban J connectivity index is 2.15. The average Bonchev–Trinajstić information content (AvgIpc) is 2.86. The molecule has 3 nitrogen and oxygen atoms in total. The Kier molecular flexibility index (Phi) is 3.36. The minimum absolute atomic E-state index is 0.0375. The highest BCUT2D eigenvalue weighted by molar-refractivity contribution is 9.10. The van der Waals surface area contributed by atoms with Gasteiger partial charge in [-0.15, -0.1) is 0 Å². The molecule has 2 aromatic carbocycles. The largest absolute Gasteiger partial charge is 0.328 e. The van der Waals surface area contributed by atoms with Crippen LogP contribution in [0.25, 0.3) is 10.9 Å². The maximum atomic E-state index is 5.97. The molecule has 3 aromatic rings. The third-order valence-corrected chi connectivity index (χ3v) is 4.01. The van der Waals surface area contributed by atoms with Crippen molar-refractivity contribution in [2.24, 2.45) is 5.73 Å². The predicted octanol–water partition coefficient (Wildman–Crippen LogP) is 3.35. The fourth-order valence-electron chi connectivity index (χ4n) is 2.34. The molecule has 1 atom stereocenters. The van der Waals surface area contributed by atoms with Crippen molar-refractivity contribution in [1.82, 2.24) is 9.78 Å². The van der Waals surface area contributed by atoms with E-state index in [0.717, 1.165) is 20.9 Å². The number of aromatic nitrogens is 2. The fraction of sp³-hybridized carbons (Fsp3) is 0.133. The quantitative estimate of drug-likeness (QED) is 0.805. The van der Waals surface area contributed by atoms with Gasteiger partial charge < -0.3 is 5.73 Å². The number of nitrogens with zero attached hydrogens (tertiary/aromatic N) is 2. The molecule has 0 amide bonds. The van der Waals surface area contributed by atoms with Gasteiger partial charge in [0, 0.05) is 16.4 Å². The lowest BCUT2D eigenvalue weighted by Gasteiger charge is -2.18. The van der Waals surface area contributed by atoms with Gasteiger partial charge in [-0.05, 0) is 17.7 Å². The lowest BCUT2D eigenvalue weighted by Crippen LogP contribution is -2.21. The summed E-state index contributed by atoms with van der Waals surface area (Å²) in [6.07, 6.45) is 1.88. The van der Waals surface area contributed by atoms with E-state index >= 15 is 0 Å². The van der Waals surface area contributed by atoms with Crippen LogP contribution in [-0.2, 0) is 0 Å². The van der Waals surface area contributed by atoms with Crippen LogP contribution in [0, 0.1) is 0 Å². The van der Waals surface area contributed by atoms with Crippen LogP contribution >= 0.6 is 15.9 Å². The Bertz CT molecular complexity index is 705. The molecule has 0 saturated carbocycles. The van der Waals surface area contributed by atoms with Crippen molar-refractivity contribution in [3.63, 3.8) is 0 Å². The van der Waals surface area contributed by atoms with E-state index in [-0.39, 0.29) is 6.04 Å². The first-order chi connectivity index (χ1) is 9.31. The van der Waals surface area contributed by atoms with E-state index in [1.54, 1.807) is 0 Å². The molecule has 19 heavy (non-hydrogen) atoms.